The second-order valence-electron chi connectivity index (χ2n) is 5.14. The molecule has 7 heteroatoms. The Morgan fingerprint density at radius 3 is 2.29 bits per heavy atom. The third-order valence-electron chi connectivity index (χ3n) is 3.21. The van der Waals surface area contributed by atoms with Crippen molar-refractivity contribution in [2.75, 3.05) is 5.32 Å². The van der Waals surface area contributed by atoms with Gasteiger partial charge >= 0.3 is 6.18 Å². The van der Waals surface area contributed by atoms with Crippen molar-refractivity contribution in [2.24, 2.45) is 0 Å². The molecule has 0 heterocycles. The minimum absolute atomic E-state index is 0.0668. The van der Waals surface area contributed by atoms with Gasteiger partial charge in [-0.3, -0.25) is 9.59 Å². The van der Waals surface area contributed by atoms with E-state index in [2.05, 4.69) is 10.6 Å². The Labute approximate surface area is 136 Å². The van der Waals surface area contributed by atoms with Gasteiger partial charge in [0, 0.05) is 24.7 Å². The van der Waals surface area contributed by atoms with Crippen molar-refractivity contribution in [1.29, 1.82) is 0 Å². The highest BCUT2D eigenvalue weighted by molar-refractivity contribution is 6.04. The van der Waals surface area contributed by atoms with Crippen LogP contribution >= 0.6 is 0 Å². The number of carbonyl (C=O) groups excluding carboxylic acids is 2. The van der Waals surface area contributed by atoms with Crippen molar-refractivity contribution in [1.82, 2.24) is 5.32 Å². The van der Waals surface area contributed by atoms with Crippen molar-refractivity contribution >= 4 is 17.5 Å². The Hall–Kier alpha value is -2.83. The Morgan fingerprint density at radius 2 is 1.71 bits per heavy atom. The molecule has 0 aliphatic rings. The van der Waals surface area contributed by atoms with Gasteiger partial charge in [-0.15, -0.1) is 0 Å². The number of carbonyl (C=O) groups is 2. The highest BCUT2D eigenvalue weighted by atomic mass is 19.4. The fraction of sp³-hybridized carbons (Fsp3) is 0.176. The van der Waals surface area contributed by atoms with Crippen LogP contribution in [0.5, 0.6) is 0 Å². The van der Waals surface area contributed by atoms with E-state index in [9.17, 15) is 22.8 Å². The molecule has 0 unspecified atom stereocenters. The van der Waals surface area contributed by atoms with Crippen LogP contribution in [0.15, 0.2) is 48.5 Å². The first-order valence-electron chi connectivity index (χ1n) is 7.08. The first-order chi connectivity index (χ1) is 11.3. The summed E-state index contributed by atoms with van der Waals surface area (Å²) in [6.07, 6.45) is -4.47. The molecule has 2 aromatic rings. The Kier molecular flexibility index (Phi) is 5.23. The van der Waals surface area contributed by atoms with Crippen molar-refractivity contribution < 1.29 is 22.8 Å². The maximum absolute atomic E-state index is 12.7. The molecule has 126 valence electrons. The van der Waals surface area contributed by atoms with Gasteiger partial charge in [0.25, 0.3) is 5.91 Å². The van der Waals surface area contributed by atoms with Gasteiger partial charge in [-0.05, 0) is 35.9 Å². The zero-order valence-corrected chi connectivity index (χ0v) is 12.8. The van der Waals surface area contributed by atoms with Crippen LogP contribution in [0.25, 0.3) is 0 Å². The molecule has 0 atom stereocenters. The monoisotopic (exact) mass is 336 g/mol. The summed E-state index contributed by atoms with van der Waals surface area (Å²) in [5, 5.41) is 5.06. The number of rotatable bonds is 4. The number of amides is 2. The zero-order chi connectivity index (χ0) is 17.7. The van der Waals surface area contributed by atoms with Crippen LogP contribution in [0.1, 0.15) is 28.4 Å². The van der Waals surface area contributed by atoms with Crippen LogP contribution in [-0.2, 0) is 17.5 Å². The first kappa shape index (κ1) is 17.5. The highest BCUT2D eigenvalue weighted by Gasteiger charge is 2.30. The normalized spacial score (nSPS) is 11.0. The number of alkyl halides is 3. The van der Waals surface area contributed by atoms with Gasteiger partial charge < -0.3 is 10.6 Å². The van der Waals surface area contributed by atoms with Gasteiger partial charge in [0.15, 0.2) is 0 Å². The lowest BCUT2D eigenvalue weighted by Crippen LogP contribution is -2.19. The molecule has 0 saturated heterocycles. The third-order valence-corrected chi connectivity index (χ3v) is 3.21. The molecule has 2 aromatic carbocycles. The minimum atomic E-state index is -4.47. The molecule has 2 rings (SSSR count). The van der Waals surface area contributed by atoms with Gasteiger partial charge in [-0.1, -0.05) is 18.2 Å². The van der Waals surface area contributed by atoms with Crippen LogP contribution in [0, 0.1) is 0 Å². The van der Waals surface area contributed by atoms with Crippen molar-refractivity contribution in [3.05, 3.63) is 65.2 Å². The van der Waals surface area contributed by atoms with E-state index in [0.29, 0.717) is 12.1 Å². The lowest BCUT2D eigenvalue weighted by atomic mass is 10.1. The standard InChI is InChI=1S/C17H15F3N2O2/c1-11(23)21-10-12-5-7-13(8-6-12)16(24)22-15-4-2-3-14(9-15)17(18,19)20/h2-9H,10H2,1H3,(H,21,23)(H,22,24). The van der Waals surface area contributed by atoms with Crippen LogP contribution in [0.3, 0.4) is 0 Å². The second-order valence-corrected chi connectivity index (χ2v) is 5.14. The molecule has 0 saturated carbocycles. The smallest absolute Gasteiger partial charge is 0.352 e. The van der Waals surface area contributed by atoms with E-state index < -0.39 is 17.6 Å². The average molecular weight is 336 g/mol. The number of halogens is 3. The highest BCUT2D eigenvalue weighted by Crippen LogP contribution is 2.30. The SMILES string of the molecule is CC(=O)NCc1ccc(C(=O)Nc2cccc(C(F)(F)F)c2)cc1. The number of hydrogen-bond acceptors (Lipinski definition) is 2. The maximum atomic E-state index is 12.7. The first-order valence-corrected chi connectivity index (χ1v) is 7.08. The van der Waals surface area contributed by atoms with Gasteiger partial charge in [-0.25, -0.2) is 0 Å². The molecular formula is C17H15F3N2O2. The largest absolute Gasteiger partial charge is 0.416 e. The van der Waals surface area contributed by atoms with E-state index in [4.69, 9.17) is 0 Å². The maximum Gasteiger partial charge on any atom is 0.416 e. The summed E-state index contributed by atoms with van der Waals surface area (Å²) in [4.78, 5) is 22.9. The third kappa shape index (κ3) is 4.84. The van der Waals surface area contributed by atoms with Gasteiger partial charge in [0.2, 0.25) is 5.91 Å². The molecule has 2 N–H and O–H groups in total. The van der Waals surface area contributed by atoms with Gasteiger partial charge in [0.1, 0.15) is 0 Å². The molecule has 0 aliphatic carbocycles. The molecule has 0 bridgehead atoms. The Bertz CT molecular complexity index is 740. The predicted molar refractivity (Wildman–Crippen MR) is 83.4 cm³/mol. The number of nitrogens with one attached hydrogen (secondary N) is 2. The topological polar surface area (TPSA) is 58.2 Å². The summed E-state index contributed by atoms with van der Waals surface area (Å²) >= 11 is 0. The van der Waals surface area contributed by atoms with Crippen LogP contribution < -0.4 is 10.6 Å². The minimum Gasteiger partial charge on any atom is -0.352 e. The predicted octanol–water partition coefficient (Wildman–Crippen LogP) is 3.59. The van der Waals surface area contributed by atoms with Crippen molar-refractivity contribution in [3.63, 3.8) is 0 Å². The fourth-order valence-electron chi connectivity index (χ4n) is 1.98. The number of benzene rings is 2. The molecule has 4 nitrogen and oxygen atoms in total. The van der Waals surface area contributed by atoms with Crippen molar-refractivity contribution in [2.45, 2.75) is 19.6 Å². The number of anilines is 1. The van der Waals surface area contributed by atoms with E-state index in [1.54, 1.807) is 24.3 Å². The second kappa shape index (κ2) is 7.16. The van der Waals surface area contributed by atoms with Crippen molar-refractivity contribution in [3.8, 4) is 0 Å². The van der Waals surface area contributed by atoms with Crippen LogP contribution in [0.4, 0.5) is 18.9 Å². The zero-order valence-electron chi connectivity index (χ0n) is 12.8. The van der Waals surface area contributed by atoms with E-state index in [1.165, 1.54) is 19.1 Å². The summed E-state index contributed by atoms with van der Waals surface area (Å²) in [7, 11) is 0. The van der Waals surface area contributed by atoms with Crippen LogP contribution in [0.2, 0.25) is 0 Å². The van der Waals surface area contributed by atoms with Crippen LogP contribution in [-0.4, -0.2) is 11.8 Å². The molecule has 0 spiro atoms. The lowest BCUT2D eigenvalue weighted by molar-refractivity contribution is -0.137. The molecular weight excluding hydrogens is 321 g/mol. The molecule has 0 aliphatic heterocycles. The molecule has 0 radical (unpaired) electrons. The van der Waals surface area contributed by atoms with E-state index in [0.717, 1.165) is 17.7 Å². The Morgan fingerprint density at radius 1 is 1.04 bits per heavy atom. The molecule has 24 heavy (non-hydrogen) atoms. The summed E-state index contributed by atoms with van der Waals surface area (Å²) < 4.78 is 38.0. The quantitative estimate of drug-likeness (QED) is 0.896. The van der Waals surface area contributed by atoms with Gasteiger partial charge in [0.05, 0.1) is 5.56 Å². The van der Waals surface area contributed by atoms with E-state index in [1.807, 2.05) is 0 Å². The Balaban J connectivity index is 2.06. The molecule has 0 aromatic heterocycles. The molecule has 0 fully saturated rings. The number of hydrogen-bond donors (Lipinski definition) is 2. The average Bonchev–Trinajstić information content (AvgIpc) is 2.53. The lowest BCUT2D eigenvalue weighted by Gasteiger charge is -2.10. The molecule has 2 amide bonds. The summed E-state index contributed by atoms with van der Waals surface area (Å²) in [5.41, 5.74) is 0.350. The summed E-state index contributed by atoms with van der Waals surface area (Å²) in [6, 6.07) is 10.8. The van der Waals surface area contributed by atoms with E-state index in [-0.39, 0.29) is 11.6 Å². The fourth-order valence-corrected chi connectivity index (χ4v) is 1.98. The van der Waals surface area contributed by atoms with Gasteiger partial charge in [-0.2, -0.15) is 13.2 Å². The summed E-state index contributed by atoms with van der Waals surface area (Å²) in [6.45, 7) is 1.74. The van der Waals surface area contributed by atoms with E-state index >= 15 is 0 Å². The summed E-state index contributed by atoms with van der Waals surface area (Å²) in [5.74, 6) is -0.679.